The Kier molecular flexibility index (Phi) is 25.3. The molecule has 0 unspecified atom stereocenters. The van der Waals surface area contributed by atoms with Crippen molar-refractivity contribution in [3.63, 3.8) is 0 Å². The Morgan fingerprint density at radius 3 is 1.99 bits per heavy atom. The molecular weight excluding hydrogens is 1100 g/mol. The lowest BCUT2D eigenvalue weighted by molar-refractivity contribution is -0.154. The van der Waals surface area contributed by atoms with Crippen molar-refractivity contribution in [1.29, 1.82) is 0 Å². The largest absolute Gasteiger partial charge is 0.507 e. The van der Waals surface area contributed by atoms with Crippen molar-refractivity contribution in [2.45, 2.75) is 64.6 Å². The first-order chi connectivity index (χ1) is 39.7. The van der Waals surface area contributed by atoms with Gasteiger partial charge in [0.1, 0.15) is 30.2 Å². The van der Waals surface area contributed by atoms with Gasteiger partial charge in [0.15, 0.2) is 11.6 Å². The number of nitrogens with zero attached hydrogens (tertiary/aromatic N) is 4. The molecule has 27 heteroatoms. The van der Waals surface area contributed by atoms with Gasteiger partial charge in [0.2, 0.25) is 35.4 Å². The van der Waals surface area contributed by atoms with Crippen LogP contribution < -0.4 is 37.6 Å². The molecular formula is C56H73N11O15S. The summed E-state index contributed by atoms with van der Waals surface area (Å²) in [6.07, 6.45) is 2.08. The van der Waals surface area contributed by atoms with Crippen LogP contribution in [0.15, 0.2) is 73.8 Å². The third kappa shape index (κ3) is 18.5. The van der Waals surface area contributed by atoms with Gasteiger partial charge in [-0.1, -0.05) is 45.2 Å². The van der Waals surface area contributed by atoms with E-state index in [-0.39, 0.29) is 125 Å². The summed E-state index contributed by atoms with van der Waals surface area (Å²) in [7, 11) is 0. The van der Waals surface area contributed by atoms with Crippen molar-refractivity contribution < 1.29 is 73.1 Å². The monoisotopic (exact) mass is 1170 g/mol. The number of aliphatic hydroxyl groups is 2. The second-order valence-corrected chi connectivity index (χ2v) is 20.7. The number of carbonyl (C=O) groups excluding carboxylic acids is 10. The summed E-state index contributed by atoms with van der Waals surface area (Å²) in [4.78, 5) is 136. The van der Waals surface area contributed by atoms with E-state index in [4.69, 9.17) is 15.6 Å². The minimum atomic E-state index is -1.15. The average Bonchev–Trinajstić information content (AvgIpc) is 3.01. The number of fused-ring (bicyclic) bond motifs is 2. The summed E-state index contributed by atoms with van der Waals surface area (Å²) in [5.74, 6) is -5.72. The molecule has 0 saturated carbocycles. The number of rotatable bonds is 31. The second kappa shape index (κ2) is 32.2. The molecule has 0 radical (unpaired) electrons. The number of phenolic OH excluding ortho intramolecular Hbond substituents is 2. The quantitative estimate of drug-likeness (QED) is 0.0192. The van der Waals surface area contributed by atoms with E-state index in [9.17, 15) is 63.3 Å². The van der Waals surface area contributed by atoms with Gasteiger partial charge in [-0.2, -0.15) is 11.8 Å². The molecule has 448 valence electrons. The Balaban J connectivity index is 1.15. The maximum atomic E-state index is 14.0. The number of aliphatic hydroxyl groups excluding tert-OH is 2. The fourth-order valence-corrected chi connectivity index (χ4v) is 9.76. The number of aromatic hydroxyl groups is 2. The Bertz CT molecular complexity index is 2860. The third-order valence-corrected chi connectivity index (χ3v) is 14.2. The summed E-state index contributed by atoms with van der Waals surface area (Å²) in [5.41, 5.74) is 6.24. The molecule has 0 spiro atoms. The Hall–Kier alpha value is -8.53. The van der Waals surface area contributed by atoms with Crippen LogP contribution in [0.25, 0.3) is 0 Å². The van der Waals surface area contributed by atoms with Gasteiger partial charge in [-0.3, -0.25) is 38.4 Å². The maximum absolute atomic E-state index is 14.0. The van der Waals surface area contributed by atoms with Crippen molar-refractivity contribution in [2.24, 2.45) is 11.7 Å². The van der Waals surface area contributed by atoms with Gasteiger partial charge in [0.05, 0.1) is 55.7 Å². The van der Waals surface area contributed by atoms with E-state index in [0.717, 1.165) is 36.0 Å². The molecule has 12 N–H and O–H groups in total. The number of aryl methyl sites for hydroxylation is 1. The summed E-state index contributed by atoms with van der Waals surface area (Å²) in [6.45, 7) is 10.7. The number of ether oxygens (including phenoxy) is 1. The van der Waals surface area contributed by atoms with E-state index in [1.807, 2.05) is 0 Å². The minimum Gasteiger partial charge on any atom is -0.507 e. The topological polar surface area (TPSA) is 372 Å². The van der Waals surface area contributed by atoms with E-state index >= 15 is 0 Å². The van der Waals surface area contributed by atoms with Gasteiger partial charge in [0, 0.05) is 68.4 Å². The smallest absolute Gasteiger partial charge is 0.410 e. The Morgan fingerprint density at radius 1 is 0.747 bits per heavy atom. The van der Waals surface area contributed by atoms with E-state index in [0.29, 0.717) is 42.1 Å². The van der Waals surface area contributed by atoms with Crippen LogP contribution in [0, 0.1) is 5.92 Å². The number of urea groups is 1. The molecule has 9 amide bonds. The van der Waals surface area contributed by atoms with Crippen molar-refractivity contribution in [2.75, 3.05) is 94.6 Å². The van der Waals surface area contributed by atoms with Crippen LogP contribution in [0.1, 0.15) is 82.5 Å². The normalized spacial score (nSPS) is 13.4. The Labute approximate surface area is 484 Å². The maximum Gasteiger partial charge on any atom is 0.410 e. The highest BCUT2D eigenvalue weighted by Crippen LogP contribution is 2.41. The SMILES string of the molecule is C=CC(=O)N1CN(C(=O)C=C)CN(C(=O)CCSCC(=O)N[C@H](C(=O)N[C@@H](CCCNC(N)=O)C(=O)Nc2ccc(COC(=O)N(CCO)CCCc3ccc(NCCNCCO)c4c3C(=O)c3c(O)ccc(O)c3C4=O)cc2)C(C)C)C1. The molecule has 0 aromatic heterocycles. The summed E-state index contributed by atoms with van der Waals surface area (Å²) in [6, 6.07) is 8.83. The van der Waals surface area contributed by atoms with Crippen LogP contribution in [-0.2, 0) is 46.5 Å². The number of hydrogen-bond acceptors (Lipinski definition) is 18. The standard InChI is InChI=1S/C56H73N11O15S/c1-5-43(73)65-31-66(44(74)6-2)33-67(32-65)45(75)19-28-83-30-42(72)63-50(34(3)4)54(79)62-39(10-7-20-60-55(57)80)53(78)61-37-14-11-35(12-15-37)29-82-56(81)64(25-27-69)24-8-9-36-13-16-38(59-22-21-58-23-26-68)47-46(36)51(76)48-40(70)17-18-41(71)49(48)52(47)77/h5-6,11-18,34,39,50,58-59,68-71H,1-2,7-10,19-33H2,3-4H3,(H,61,78)(H,62,79)(H,63,72)(H3,57,60,80)/t39-,50-/m0/s1. The molecule has 26 nitrogen and oxygen atoms in total. The van der Waals surface area contributed by atoms with E-state index in [1.54, 1.807) is 50.2 Å². The van der Waals surface area contributed by atoms with E-state index in [2.05, 4.69) is 45.1 Å². The molecule has 2 atom stereocenters. The number of nitrogens with two attached hydrogens (primary N) is 1. The molecule has 5 rings (SSSR count). The van der Waals surface area contributed by atoms with Crippen molar-refractivity contribution in [3.8, 4) is 11.5 Å². The molecule has 1 aliphatic carbocycles. The highest BCUT2D eigenvalue weighted by molar-refractivity contribution is 7.99. The lowest BCUT2D eigenvalue weighted by Crippen LogP contribution is -2.59. The molecule has 2 aliphatic rings. The lowest BCUT2D eigenvalue weighted by Gasteiger charge is -2.41. The zero-order valence-corrected chi connectivity index (χ0v) is 47.2. The van der Waals surface area contributed by atoms with Gasteiger partial charge < -0.3 is 82.4 Å². The summed E-state index contributed by atoms with van der Waals surface area (Å²) < 4.78 is 5.59. The van der Waals surface area contributed by atoms with Crippen LogP contribution in [0.4, 0.5) is 21.0 Å². The third-order valence-electron chi connectivity index (χ3n) is 13.3. The number of ketones is 2. The predicted molar refractivity (Wildman–Crippen MR) is 307 cm³/mol. The van der Waals surface area contributed by atoms with Crippen LogP contribution in [0.2, 0.25) is 0 Å². The first-order valence-corrected chi connectivity index (χ1v) is 28.0. The van der Waals surface area contributed by atoms with Gasteiger partial charge in [-0.15, -0.1) is 0 Å². The summed E-state index contributed by atoms with van der Waals surface area (Å²) >= 11 is 1.13. The number of thioether (sulfide) groups is 1. The zero-order chi connectivity index (χ0) is 60.8. The van der Waals surface area contributed by atoms with E-state index in [1.165, 1.54) is 19.6 Å². The number of amides is 9. The summed E-state index contributed by atoms with van der Waals surface area (Å²) in [5, 5.41) is 57.0. The number of nitrogens with one attached hydrogen (secondary N) is 6. The van der Waals surface area contributed by atoms with Crippen molar-refractivity contribution >= 4 is 82.3 Å². The Morgan fingerprint density at radius 2 is 1.39 bits per heavy atom. The number of carbonyl (C=O) groups is 10. The van der Waals surface area contributed by atoms with Crippen LogP contribution in [-0.4, -0.2) is 195 Å². The minimum absolute atomic E-state index is 0.0172. The molecule has 3 aromatic rings. The predicted octanol–water partition coefficient (Wildman–Crippen LogP) is 1.31. The van der Waals surface area contributed by atoms with Crippen molar-refractivity contribution in [3.05, 3.63) is 107 Å². The van der Waals surface area contributed by atoms with Gasteiger partial charge >= 0.3 is 12.1 Å². The molecule has 1 heterocycles. The van der Waals surface area contributed by atoms with E-state index < -0.39 is 89.3 Å². The number of anilines is 2. The molecule has 1 fully saturated rings. The van der Waals surface area contributed by atoms with Crippen LogP contribution >= 0.6 is 11.8 Å². The number of phenols is 2. The molecule has 1 saturated heterocycles. The van der Waals surface area contributed by atoms with Gasteiger partial charge in [-0.25, -0.2) is 9.59 Å². The van der Waals surface area contributed by atoms with Gasteiger partial charge in [-0.05, 0) is 85.2 Å². The zero-order valence-electron chi connectivity index (χ0n) is 46.4. The van der Waals surface area contributed by atoms with Crippen molar-refractivity contribution in [1.82, 2.24) is 40.9 Å². The van der Waals surface area contributed by atoms with Crippen LogP contribution in [0.3, 0.4) is 0 Å². The highest BCUT2D eigenvalue weighted by atomic mass is 32.2. The average molecular weight is 1170 g/mol. The highest BCUT2D eigenvalue weighted by Gasteiger charge is 2.38. The molecule has 0 bridgehead atoms. The fourth-order valence-electron chi connectivity index (χ4n) is 9.03. The fraction of sp³-hybridized carbons (Fsp3) is 0.429. The molecule has 83 heavy (non-hydrogen) atoms. The molecule has 3 aromatic carbocycles. The first kappa shape index (κ1) is 65.3. The number of hydrogen-bond donors (Lipinski definition) is 11. The first-order valence-electron chi connectivity index (χ1n) is 26.8. The van der Waals surface area contributed by atoms with Crippen LogP contribution in [0.5, 0.6) is 11.5 Å². The second-order valence-electron chi connectivity index (χ2n) is 19.6. The number of primary amides is 1. The lowest BCUT2D eigenvalue weighted by atomic mass is 9.79. The molecule has 1 aliphatic heterocycles. The van der Waals surface area contributed by atoms with Gasteiger partial charge in [0.25, 0.3) is 0 Å². The number of benzene rings is 3.